The van der Waals surface area contributed by atoms with Crippen LogP contribution in [0.1, 0.15) is 18.4 Å². The first-order valence-electron chi connectivity index (χ1n) is 11.2. The molecule has 2 aromatic carbocycles. The monoisotopic (exact) mass is 550 g/mol. The molecule has 0 radical (unpaired) electrons. The lowest BCUT2D eigenvalue weighted by Gasteiger charge is -2.41. The lowest BCUT2D eigenvalue weighted by Crippen LogP contribution is -2.55. The van der Waals surface area contributed by atoms with Gasteiger partial charge < -0.3 is 24.6 Å². The van der Waals surface area contributed by atoms with Crippen LogP contribution >= 0.6 is 24.0 Å². The maximum Gasteiger partial charge on any atom is 0.193 e. The molecule has 0 spiro atoms. The Hall–Kier alpha value is -2.00. The fraction of sp³-hybridized carbons (Fsp3) is 0.480. The van der Waals surface area contributed by atoms with Crippen LogP contribution in [0.4, 0.5) is 5.69 Å². The molecule has 0 aliphatic carbocycles. The molecule has 2 aliphatic rings. The maximum atomic E-state index is 5.68. The van der Waals surface area contributed by atoms with Crippen molar-refractivity contribution in [2.45, 2.75) is 18.3 Å². The highest BCUT2D eigenvalue weighted by molar-refractivity contribution is 14.0. The number of benzene rings is 2. The van der Waals surface area contributed by atoms with Crippen LogP contribution in [0.2, 0.25) is 0 Å². The number of hydrogen-bond donors (Lipinski definition) is 1. The van der Waals surface area contributed by atoms with Gasteiger partial charge in [-0.2, -0.15) is 0 Å². The lowest BCUT2D eigenvalue weighted by atomic mass is 9.74. The predicted molar refractivity (Wildman–Crippen MR) is 142 cm³/mol. The van der Waals surface area contributed by atoms with Gasteiger partial charge in [-0.3, -0.25) is 4.99 Å². The van der Waals surface area contributed by atoms with Gasteiger partial charge in [0.05, 0.1) is 7.11 Å². The van der Waals surface area contributed by atoms with E-state index in [9.17, 15) is 0 Å². The van der Waals surface area contributed by atoms with E-state index in [4.69, 9.17) is 9.47 Å². The van der Waals surface area contributed by atoms with Crippen LogP contribution in [0.5, 0.6) is 5.75 Å². The van der Waals surface area contributed by atoms with Crippen LogP contribution in [-0.2, 0) is 10.2 Å². The quantitative estimate of drug-likeness (QED) is 0.349. The molecule has 4 rings (SSSR count). The number of rotatable bonds is 5. The SMILES string of the molecule is CN=C(NCC1(c2ccccc2)CCOCC1)N1CCN(c2ccc(OC)cc2)CC1.I. The average molecular weight is 550 g/mol. The zero-order valence-corrected chi connectivity index (χ0v) is 21.5. The first-order chi connectivity index (χ1) is 15.2. The summed E-state index contributed by atoms with van der Waals surface area (Å²) < 4.78 is 11.0. The summed E-state index contributed by atoms with van der Waals surface area (Å²) >= 11 is 0. The molecule has 2 saturated heterocycles. The standard InChI is InChI=1S/C25H34N4O2.HI/c1-26-24(27-20-25(12-18-31-19-13-25)21-6-4-3-5-7-21)29-16-14-28(15-17-29)22-8-10-23(30-2)11-9-22;/h3-11H,12-20H2,1-2H3,(H,26,27);1H. The summed E-state index contributed by atoms with van der Waals surface area (Å²) in [5.74, 6) is 1.89. The zero-order chi connectivity index (χ0) is 21.5. The van der Waals surface area contributed by atoms with Crippen molar-refractivity contribution in [1.29, 1.82) is 0 Å². The Morgan fingerprint density at radius 3 is 2.25 bits per heavy atom. The molecule has 0 atom stereocenters. The predicted octanol–water partition coefficient (Wildman–Crippen LogP) is 3.76. The number of ether oxygens (including phenoxy) is 2. The third-order valence-corrected chi connectivity index (χ3v) is 6.65. The molecule has 0 amide bonds. The molecule has 0 bridgehead atoms. The number of methoxy groups -OCH3 is 1. The second-order valence-corrected chi connectivity index (χ2v) is 8.33. The number of aliphatic imine (C=N–C) groups is 1. The van der Waals surface area contributed by atoms with E-state index in [0.29, 0.717) is 0 Å². The minimum atomic E-state index is 0. The molecule has 6 nitrogen and oxygen atoms in total. The van der Waals surface area contributed by atoms with Crippen molar-refractivity contribution >= 4 is 35.6 Å². The largest absolute Gasteiger partial charge is 0.497 e. The highest BCUT2D eigenvalue weighted by Gasteiger charge is 2.35. The van der Waals surface area contributed by atoms with E-state index in [1.54, 1.807) is 7.11 Å². The van der Waals surface area contributed by atoms with E-state index >= 15 is 0 Å². The Balaban J connectivity index is 0.00000289. The van der Waals surface area contributed by atoms with Crippen molar-refractivity contribution in [1.82, 2.24) is 10.2 Å². The molecule has 0 unspecified atom stereocenters. The van der Waals surface area contributed by atoms with Crippen molar-refractivity contribution in [2.24, 2.45) is 4.99 Å². The van der Waals surface area contributed by atoms with Crippen LogP contribution in [0, 0.1) is 0 Å². The highest BCUT2D eigenvalue weighted by Crippen LogP contribution is 2.34. The van der Waals surface area contributed by atoms with Gasteiger partial charge in [0, 0.05) is 64.1 Å². The van der Waals surface area contributed by atoms with E-state index in [-0.39, 0.29) is 29.4 Å². The molecular weight excluding hydrogens is 515 g/mol. The van der Waals surface area contributed by atoms with Gasteiger partial charge in [0.2, 0.25) is 0 Å². The van der Waals surface area contributed by atoms with Crippen LogP contribution in [0.3, 0.4) is 0 Å². The lowest BCUT2D eigenvalue weighted by molar-refractivity contribution is 0.0511. The van der Waals surface area contributed by atoms with Gasteiger partial charge in [0.25, 0.3) is 0 Å². The van der Waals surface area contributed by atoms with Crippen LogP contribution in [-0.4, -0.2) is 71.0 Å². The molecule has 32 heavy (non-hydrogen) atoms. The Kier molecular flexibility index (Phi) is 9.04. The molecule has 2 aromatic rings. The summed E-state index contributed by atoms with van der Waals surface area (Å²) in [4.78, 5) is 9.40. The highest BCUT2D eigenvalue weighted by atomic mass is 127. The number of anilines is 1. The van der Waals surface area contributed by atoms with E-state index in [1.165, 1.54) is 11.3 Å². The molecule has 7 heteroatoms. The van der Waals surface area contributed by atoms with E-state index < -0.39 is 0 Å². The number of halogens is 1. The fourth-order valence-electron chi connectivity index (χ4n) is 4.67. The second kappa shape index (κ2) is 11.7. The number of piperazine rings is 1. The summed E-state index contributed by atoms with van der Waals surface area (Å²) in [6.07, 6.45) is 2.07. The van der Waals surface area contributed by atoms with Crippen LogP contribution in [0.25, 0.3) is 0 Å². The summed E-state index contributed by atoms with van der Waals surface area (Å²) in [7, 11) is 3.59. The third-order valence-electron chi connectivity index (χ3n) is 6.65. The Labute approximate surface area is 209 Å². The molecule has 1 N–H and O–H groups in total. The van der Waals surface area contributed by atoms with Crippen molar-refractivity contribution in [2.75, 3.05) is 65.0 Å². The average Bonchev–Trinajstić information content (AvgIpc) is 2.86. The molecule has 2 heterocycles. The molecular formula is C25H35IN4O2. The molecule has 0 aromatic heterocycles. The van der Waals surface area contributed by atoms with Gasteiger partial charge in [-0.25, -0.2) is 0 Å². The Morgan fingerprint density at radius 2 is 1.66 bits per heavy atom. The van der Waals surface area contributed by atoms with Crippen LogP contribution < -0.4 is 15.0 Å². The van der Waals surface area contributed by atoms with Gasteiger partial charge in [0.1, 0.15) is 5.75 Å². The normalized spacial score (nSPS) is 18.6. The Bertz CT molecular complexity index is 846. The van der Waals surface area contributed by atoms with Crippen LogP contribution in [0.15, 0.2) is 59.6 Å². The number of nitrogens with zero attached hydrogens (tertiary/aromatic N) is 3. The van der Waals surface area contributed by atoms with Crippen molar-refractivity contribution in [3.8, 4) is 5.75 Å². The minimum absolute atomic E-state index is 0. The topological polar surface area (TPSA) is 49.3 Å². The van der Waals surface area contributed by atoms with Gasteiger partial charge in [0.15, 0.2) is 5.96 Å². The van der Waals surface area contributed by atoms with Gasteiger partial charge in [-0.15, -0.1) is 24.0 Å². The van der Waals surface area contributed by atoms with Crippen molar-refractivity contribution in [3.05, 3.63) is 60.2 Å². The minimum Gasteiger partial charge on any atom is -0.497 e. The van der Waals surface area contributed by atoms with E-state index in [0.717, 1.165) is 70.5 Å². The molecule has 2 fully saturated rings. The zero-order valence-electron chi connectivity index (χ0n) is 19.1. The first kappa shape index (κ1) is 24.6. The third kappa shape index (κ3) is 5.67. The first-order valence-corrected chi connectivity index (χ1v) is 11.2. The van der Waals surface area contributed by atoms with E-state index in [1.807, 2.05) is 19.2 Å². The summed E-state index contributed by atoms with van der Waals surface area (Å²) in [6.45, 7) is 6.37. The second-order valence-electron chi connectivity index (χ2n) is 8.33. The molecule has 2 aliphatic heterocycles. The number of guanidine groups is 1. The summed E-state index contributed by atoms with van der Waals surface area (Å²) in [6, 6.07) is 19.2. The smallest absolute Gasteiger partial charge is 0.193 e. The van der Waals surface area contributed by atoms with Crippen molar-refractivity contribution < 1.29 is 9.47 Å². The van der Waals surface area contributed by atoms with Gasteiger partial charge in [-0.05, 0) is 42.7 Å². The fourth-order valence-corrected chi connectivity index (χ4v) is 4.67. The van der Waals surface area contributed by atoms with E-state index in [2.05, 4.69) is 62.6 Å². The number of hydrogen-bond acceptors (Lipinski definition) is 4. The van der Waals surface area contributed by atoms with Gasteiger partial charge in [-0.1, -0.05) is 30.3 Å². The number of nitrogens with one attached hydrogen (secondary N) is 1. The summed E-state index contributed by atoms with van der Waals surface area (Å²) in [5.41, 5.74) is 2.74. The van der Waals surface area contributed by atoms with Gasteiger partial charge >= 0.3 is 0 Å². The summed E-state index contributed by atoms with van der Waals surface area (Å²) in [5, 5.41) is 3.70. The maximum absolute atomic E-state index is 5.68. The molecule has 0 saturated carbocycles. The molecule has 174 valence electrons. The van der Waals surface area contributed by atoms with Crippen molar-refractivity contribution in [3.63, 3.8) is 0 Å². The Morgan fingerprint density at radius 1 is 1.00 bits per heavy atom.